The van der Waals surface area contributed by atoms with Crippen molar-refractivity contribution in [2.45, 2.75) is 19.1 Å². The van der Waals surface area contributed by atoms with Crippen molar-refractivity contribution >= 4 is 28.8 Å². The van der Waals surface area contributed by atoms with Crippen molar-refractivity contribution in [1.82, 2.24) is 25.3 Å². The van der Waals surface area contributed by atoms with Gasteiger partial charge in [0, 0.05) is 17.8 Å². The Labute approximate surface area is 158 Å². The molecule has 3 aromatic rings. The number of aliphatic hydroxyl groups excluding tert-OH is 1. The monoisotopic (exact) mass is 392 g/mol. The summed E-state index contributed by atoms with van der Waals surface area (Å²) in [5, 5.41) is 15.0. The summed E-state index contributed by atoms with van der Waals surface area (Å²) in [6.45, 7) is 0.258. The predicted molar refractivity (Wildman–Crippen MR) is 98.7 cm³/mol. The largest absolute Gasteiger partial charge is 0.390 e. The predicted octanol–water partition coefficient (Wildman–Crippen LogP) is 1.89. The lowest BCUT2D eigenvalue weighted by Crippen LogP contribution is -2.30. The summed E-state index contributed by atoms with van der Waals surface area (Å²) in [4.78, 5) is 28.1. The van der Waals surface area contributed by atoms with Crippen LogP contribution >= 0.6 is 22.9 Å². The Bertz CT molecular complexity index is 879. The first-order valence-corrected chi connectivity index (χ1v) is 9.09. The van der Waals surface area contributed by atoms with E-state index in [9.17, 15) is 4.79 Å². The minimum atomic E-state index is -0.323. The van der Waals surface area contributed by atoms with Crippen molar-refractivity contribution in [2.24, 2.45) is 5.73 Å². The molecule has 3 aromatic heterocycles. The molecule has 136 valence electrons. The molecular formula is C16H17ClN6O2S. The summed E-state index contributed by atoms with van der Waals surface area (Å²) in [5.74, 6) is 0.156. The number of hydrogen-bond acceptors (Lipinski definition) is 7. The van der Waals surface area contributed by atoms with E-state index >= 15 is 0 Å². The van der Waals surface area contributed by atoms with Crippen LogP contribution in [0.25, 0.3) is 11.5 Å². The third-order valence-electron chi connectivity index (χ3n) is 3.58. The molecule has 0 radical (unpaired) electrons. The number of thiazole rings is 1. The number of amides is 1. The Kier molecular flexibility index (Phi) is 5.94. The standard InChI is InChI=1S/C16H17ClN6O2S/c17-9-5-19-14(20-6-9)11-1-2-12(22-11)15(25)23-13(3-4-18)16-21-10(7-24)8-26-16/h1-2,5-6,8,13,22,24H,3-4,7,18H2,(H,23,25). The van der Waals surface area contributed by atoms with Crippen LogP contribution in [0, 0.1) is 0 Å². The molecule has 3 rings (SSSR count). The maximum atomic E-state index is 12.6. The number of aliphatic hydroxyl groups is 1. The molecule has 1 unspecified atom stereocenters. The first-order valence-electron chi connectivity index (χ1n) is 7.83. The number of nitrogens with zero attached hydrogens (tertiary/aromatic N) is 3. The summed E-state index contributed by atoms with van der Waals surface area (Å²) in [6, 6.07) is 3.06. The number of hydrogen-bond donors (Lipinski definition) is 4. The van der Waals surface area contributed by atoms with Crippen molar-refractivity contribution < 1.29 is 9.90 Å². The third-order valence-corrected chi connectivity index (χ3v) is 4.78. The van der Waals surface area contributed by atoms with Crippen LogP contribution in [0.4, 0.5) is 0 Å². The normalized spacial score (nSPS) is 12.1. The van der Waals surface area contributed by atoms with Gasteiger partial charge in [0.1, 0.15) is 10.7 Å². The van der Waals surface area contributed by atoms with Crippen molar-refractivity contribution in [3.8, 4) is 11.5 Å². The van der Waals surface area contributed by atoms with Gasteiger partial charge in [-0.1, -0.05) is 11.6 Å². The Morgan fingerprint density at radius 1 is 1.38 bits per heavy atom. The average Bonchev–Trinajstić information content (AvgIpc) is 3.31. The van der Waals surface area contributed by atoms with Crippen LogP contribution in [-0.4, -0.2) is 37.5 Å². The van der Waals surface area contributed by atoms with Crippen molar-refractivity contribution in [3.63, 3.8) is 0 Å². The number of aromatic amines is 1. The van der Waals surface area contributed by atoms with Gasteiger partial charge in [0.15, 0.2) is 5.82 Å². The highest BCUT2D eigenvalue weighted by Gasteiger charge is 2.19. The fourth-order valence-corrected chi connectivity index (χ4v) is 3.32. The lowest BCUT2D eigenvalue weighted by atomic mass is 10.2. The van der Waals surface area contributed by atoms with Gasteiger partial charge in [0.2, 0.25) is 0 Å². The van der Waals surface area contributed by atoms with Crippen LogP contribution in [0.5, 0.6) is 0 Å². The van der Waals surface area contributed by atoms with Crippen molar-refractivity contribution in [1.29, 1.82) is 0 Å². The summed E-state index contributed by atoms with van der Waals surface area (Å²) >= 11 is 7.16. The van der Waals surface area contributed by atoms with Crippen LogP contribution in [0.1, 0.15) is 33.7 Å². The van der Waals surface area contributed by atoms with Gasteiger partial charge in [-0.25, -0.2) is 15.0 Å². The highest BCUT2D eigenvalue weighted by Crippen LogP contribution is 2.22. The Balaban J connectivity index is 1.74. The van der Waals surface area contributed by atoms with Crippen LogP contribution in [-0.2, 0) is 6.61 Å². The average molecular weight is 393 g/mol. The van der Waals surface area contributed by atoms with E-state index in [0.29, 0.717) is 45.9 Å². The number of H-pyrrole nitrogens is 1. The van der Waals surface area contributed by atoms with E-state index < -0.39 is 0 Å². The van der Waals surface area contributed by atoms with Crippen LogP contribution < -0.4 is 11.1 Å². The Hall–Kier alpha value is -2.33. The smallest absolute Gasteiger partial charge is 0.268 e. The zero-order valence-corrected chi connectivity index (χ0v) is 15.2. The molecule has 0 aliphatic heterocycles. The molecule has 0 aliphatic rings. The van der Waals surface area contributed by atoms with Crippen LogP contribution in [0.15, 0.2) is 29.9 Å². The number of halogens is 1. The zero-order chi connectivity index (χ0) is 18.5. The number of carbonyl (C=O) groups excluding carboxylic acids is 1. The zero-order valence-electron chi connectivity index (χ0n) is 13.6. The molecule has 26 heavy (non-hydrogen) atoms. The van der Waals surface area contributed by atoms with E-state index in [2.05, 4.69) is 25.3 Å². The summed E-state index contributed by atoms with van der Waals surface area (Å²) in [7, 11) is 0. The number of carbonyl (C=O) groups is 1. The fraction of sp³-hybridized carbons (Fsp3) is 0.250. The van der Waals surface area contributed by atoms with Gasteiger partial charge in [-0.15, -0.1) is 11.3 Å². The van der Waals surface area contributed by atoms with Gasteiger partial charge in [0.05, 0.1) is 29.1 Å². The molecule has 0 aromatic carbocycles. The maximum absolute atomic E-state index is 12.6. The van der Waals surface area contributed by atoms with Crippen molar-refractivity contribution in [2.75, 3.05) is 6.54 Å². The van der Waals surface area contributed by atoms with Gasteiger partial charge in [-0.2, -0.15) is 0 Å². The van der Waals surface area contributed by atoms with Crippen molar-refractivity contribution in [3.05, 3.63) is 51.3 Å². The molecule has 0 saturated heterocycles. The van der Waals surface area contributed by atoms with Gasteiger partial charge in [-0.05, 0) is 25.1 Å². The van der Waals surface area contributed by atoms with Crippen LogP contribution in [0.2, 0.25) is 5.02 Å². The lowest BCUT2D eigenvalue weighted by molar-refractivity contribution is 0.0930. The third kappa shape index (κ3) is 4.25. The highest BCUT2D eigenvalue weighted by atomic mass is 35.5. The molecule has 0 saturated carbocycles. The molecule has 0 bridgehead atoms. The summed E-state index contributed by atoms with van der Waals surface area (Å²) < 4.78 is 0. The van der Waals surface area contributed by atoms with Crippen LogP contribution in [0.3, 0.4) is 0 Å². The fourth-order valence-electron chi connectivity index (χ4n) is 2.32. The number of nitrogens with one attached hydrogen (secondary N) is 2. The first-order chi connectivity index (χ1) is 12.6. The van der Waals surface area contributed by atoms with E-state index in [1.165, 1.54) is 23.7 Å². The molecule has 3 heterocycles. The lowest BCUT2D eigenvalue weighted by Gasteiger charge is -2.15. The quantitative estimate of drug-likeness (QED) is 0.485. The van der Waals surface area contributed by atoms with E-state index in [4.69, 9.17) is 22.4 Å². The van der Waals surface area contributed by atoms with Gasteiger partial charge >= 0.3 is 0 Å². The first kappa shape index (κ1) is 18.5. The molecule has 0 fully saturated rings. The van der Waals surface area contributed by atoms with E-state index in [1.807, 2.05) is 0 Å². The number of rotatable bonds is 7. The SMILES string of the molecule is NCCC(NC(=O)c1ccc(-c2ncc(Cl)cn2)[nH]1)c1nc(CO)cs1. The molecule has 1 amide bonds. The number of nitrogens with two attached hydrogens (primary N) is 1. The van der Waals surface area contributed by atoms with Gasteiger partial charge in [-0.3, -0.25) is 4.79 Å². The number of aromatic nitrogens is 4. The summed E-state index contributed by atoms with van der Waals surface area (Å²) in [6.07, 6.45) is 3.52. The maximum Gasteiger partial charge on any atom is 0.268 e. The summed E-state index contributed by atoms with van der Waals surface area (Å²) in [5.41, 5.74) is 7.21. The second-order valence-corrected chi connectivity index (χ2v) is 6.78. The molecular weight excluding hydrogens is 376 g/mol. The second kappa shape index (κ2) is 8.37. The van der Waals surface area contributed by atoms with E-state index in [-0.39, 0.29) is 18.6 Å². The van der Waals surface area contributed by atoms with Gasteiger partial charge < -0.3 is 21.1 Å². The minimum absolute atomic E-state index is 0.138. The molecule has 8 nitrogen and oxygen atoms in total. The Morgan fingerprint density at radius 2 is 2.15 bits per heavy atom. The molecule has 1 atom stereocenters. The topological polar surface area (TPSA) is 130 Å². The minimum Gasteiger partial charge on any atom is -0.390 e. The van der Waals surface area contributed by atoms with E-state index in [1.54, 1.807) is 17.5 Å². The Morgan fingerprint density at radius 3 is 2.81 bits per heavy atom. The second-order valence-electron chi connectivity index (χ2n) is 5.45. The highest BCUT2D eigenvalue weighted by molar-refractivity contribution is 7.09. The van der Waals surface area contributed by atoms with E-state index in [0.717, 1.165) is 0 Å². The molecule has 0 aliphatic carbocycles. The van der Waals surface area contributed by atoms with Gasteiger partial charge in [0.25, 0.3) is 5.91 Å². The molecule has 10 heteroatoms. The molecule has 0 spiro atoms. The molecule has 5 N–H and O–H groups in total.